The molecule has 0 saturated carbocycles. The van der Waals surface area contributed by atoms with E-state index in [1.54, 1.807) is 0 Å². The molecule has 4 radical (unpaired) electrons. The maximum Gasteiger partial charge on any atom is 0.0823 e. The van der Waals surface area contributed by atoms with Gasteiger partial charge in [0.15, 0.2) is 0 Å². The number of benzene rings is 2. The summed E-state index contributed by atoms with van der Waals surface area (Å²) in [6.07, 6.45) is 2.21. The summed E-state index contributed by atoms with van der Waals surface area (Å²) >= 11 is 0. The quantitative estimate of drug-likeness (QED) is 0.709. The summed E-state index contributed by atoms with van der Waals surface area (Å²) in [6.45, 7) is 2.10. The first kappa shape index (κ1) is 18.6. The first-order chi connectivity index (χ1) is 8.27. The van der Waals surface area contributed by atoms with Crippen LogP contribution in [0, 0.1) is 0 Å². The topological polar surface area (TPSA) is 0 Å². The zero-order valence-corrected chi connectivity index (χ0v) is 18.1. The second-order valence-electron chi connectivity index (χ2n) is 4.54. The van der Waals surface area contributed by atoms with E-state index in [1.807, 2.05) is 6.07 Å². The first-order valence-electron chi connectivity index (χ1n) is 5.89. The number of rotatable bonds is 1. The van der Waals surface area contributed by atoms with Gasteiger partial charge in [-0.1, -0.05) is 60.2 Å². The van der Waals surface area contributed by atoms with Crippen molar-refractivity contribution in [3.05, 3.63) is 65.2 Å². The Kier molecular flexibility index (Phi) is 8.04. The summed E-state index contributed by atoms with van der Waals surface area (Å²) in [5.41, 5.74) is 6.29. The summed E-state index contributed by atoms with van der Waals surface area (Å²) in [7, 11) is 6.17. The molecule has 2 aromatic carbocycles. The van der Waals surface area contributed by atoms with Crippen molar-refractivity contribution in [1.29, 1.82) is 0 Å². The van der Waals surface area contributed by atoms with Gasteiger partial charge in [0.2, 0.25) is 0 Å². The normalized spacial score (nSPS) is 15.8. The van der Waals surface area contributed by atoms with Crippen LogP contribution in [0.2, 0.25) is 0 Å². The van der Waals surface area contributed by atoms with Crippen molar-refractivity contribution >= 4 is 117 Å². The fourth-order valence-corrected chi connectivity index (χ4v) is 2.45. The molecule has 0 nitrogen and oxygen atoms in total. The Morgan fingerprint density at radius 2 is 1.58 bits per heavy atom. The summed E-state index contributed by atoms with van der Waals surface area (Å²) in [6, 6.07) is 16.8. The van der Waals surface area contributed by atoms with E-state index >= 15 is 0 Å². The third-order valence-electron chi connectivity index (χ3n) is 3.42. The van der Waals surface area contributed by atoms with Crippen LogP contribution in [0.1, 0.15) is 23.9 Å². The van der Waals surface area contributed by atoms with Crippen LogP contribution in [0.3, 0.4) is 0 Å². The minimum Gasteiger partial charge on any atom is -0.0740 e. The Morgan fingerprint density at radius 1 is 0.895 bits per heavy atom. The van der Waals surface area contributed by atoms with Crippen molar-refractivity contribution in [1.82, 2.24) is 0 Å². The van der Waals surface area contributed by atoms with Gasteiger partial charge in [0.05, 0.1) is 7.85 Å². The molecule has 1 unspecified atom stereocenters. The Bertz CT molecular complexity index is 591. The molecule has 3 heteroatoms. The molecule has 1 aliphatic carbocycles. The summed E-state index contributed by atoms with van der Waals surface area (Å²) < 4.78 is 0. The number of allylic oxidation sites excluding steroid dienone is 1. The fourth-order valence-electron chi connectivity index (χ4n) is 2.45. The van der Waals surface area contributed by atoms with Crippen molar-refractivity contribution in [3.63, 3.8) is 0 Å². The van der Waals surface area contributed by atoms with Gasteiger partial charge >= 0.3 is 0 Å². The molecule has 2 aromatic rings. The minimum atomic E-state index is 0. The zero-order chi connectivity index (χ0) is 11.8. The third-order valence-corrected chi connectivity index (χ3v) is 3.42. The van der Waals surface area contributed by atoms with Crippen LogP contribution in [0.5, 0.6) is 0 Å². The number of hydrogen-bond donors (Lipinski definition) is 0. The maximum atomic E-state index is 6.17. The predicted octanol–water partition coefficient (Wildman–Crippen LogP) is 3.22. The van der Waals surface area contributed by atoms with E-state index in [4.69, 9.17) is 7.85 Å². The monoisotopic (exact) mass is 294 g/mol. The number of fused-ring (bicyclic) bond motifs is 1. The summed E-state index contributed by atoms with van der Waals surface area (Å²) in [4.78, 5) is 0. The molecule has 82 valence electrons. The standard InChI is InChI=1S/C16H13B.2K/c1-11-10-15-13(12-6-3-2-4-7-12)8-5-9-14(15)16(11)17;;/h2-10,16H,1H3;;. The van der Waals surface area contributed by atoms with E-state index < -0.39 is 0 Å². The van der Waals surface area contributed by atoms with Crippen molar-refractivity contribution < 1.29 is 0 Å². The van der Waals surface area contributed by atoms with Crippen molar-refractivity contribution in [2.75, 3.05) is 0 Å². The van der Waals surface area contributed by atoms with Gasteiger partial charge in [-0.15, -0.1) is 0 Å². The van der Waals surface area contributed by atoms with Gasteiger partial charge in [0.1, 0.15) is 0 Å². The molecular weight excluding hydrogens is 281 g/mol. The smallest absolute Gasteiger partial charge is 0.0740 e. The van der Waals surface area contributed by atoms with Gasteiger partial charge in [-0.25, -0.2) is 0 Å². The predicted molar refractivity (Wildman–Crippen MR) is 85.5 cm³/mol. The molecule has 19 heavy (non-hydrogen) atoms. The van der Waals surface area contributed by atoms with Gasteiger partial charge in [-0.05, 0) is 35.0 Å². The first-order valence-corrected chi connectivity index (χ1v) is 5.89. The third kappa shape index (κ3) is 3.84. The molecule has 1 aliphatic rings. The molecule has 0 amide bonds. The average molecular weight is 294 g/mol. The zero-order valence-electron chi connectivity index (χ0n) is 11.9. The Morgan fingerprint density at radius 3 is 2.26 bits per heavy atom. The van der Waals surface area contributed by atoms with E-state index in [1.165, 1.54) is 27.8 Å². The molecule has 0 heterocycles. The van der Waals surface area contributed by atoms with E-state index in [2.05, 4.69) is 55.5 Å². The molecule has 0 aliphatic heterocycles. The van der Waals surface area contributed by atoms with Crippen LogP contribution in [-0.2, 0) is 0 Å². The average Bonchev–Trinajstić information content (AvgIpc) is 2.67. The van der Waals surface area contributed by atoms with E-state index in [0.29, 0.717) is 0 Å². The van der Waals surface area contributed by atoms with Gasteiger partial charge in [0.25, 0.3) is 0 Å². The van der Waals surface area contributed by atoms with Gasteiger partial charge < -0.3 is 0 Å². The number of hydrogen-bond acceptors (Lipinski definition) is 0. The Hall–Kier alpha value is 1.52. The Balaban J connectivity index is 0.000000902. The molecule has 0 aromatic heterocycles. The molecule has 0 spiro atoms. The van der Waals surface area contributed by atoms with E-state index in [9.17, 15) is 0 Å². The molecule has 0 bridgehead atoms. The van der Waals surface area contributed by atoms with Crippen molar-refractivity contribution in [2.24, 2.45) is 0 Å². The fraction of sp³-hybridized carbons (Fsp3) is 0.125. The minimum absolute atomic E-state index is 0. The van der Waals surface area contributed by atoms with Crippen molar-refractivity contribution in [3.8, 4) is 11.1 Å². The molecule has 0 N–H and O–H groups in total. The van der Waals surface area contributed by atoms with E-state index in [0.717, 1.165) is 0 Å². The van der Waals surface area contributed by atoms with Crippen LogP contribution >= 0.6 is 0 Å². The molecule has 1 atom stereocenters. The van der Waals surface area contributed by atoms with Gasteiger partial charge in [-0.3, -0.25) is 0 Å². The van der Waals surface area contributed by atoms with Gasteiger partial charge in [0, 0.05) is 103 Å². The van der Waals surface area contributed by atoms with Crippen LogP contribution in [0.25, 0.3) is 17.2 Å². The van der Waals surface area contributed by atoms with Crippen LogP contribution < -0.4 is 0 Å². The second kappa shape index (κ2) is 8.23. The SMILES string of the molecule is [B]C1C(C)=Cc2c(-c3ccccc3)cccc21.[K].[K]. The van der Waals surface area contributed by atoms with E-state index in [-0.39, 0.29) is 109 Å². The van der Waals surface area contributed by atoms with Crippen molar-refractivity contribution in [2.45, 2.75) is 12.7 Å². The largest absolute Gasteiger partial charge is 0.0823 e. The summed E-state index contributed by atoms with van der Waals surface area (Å²) in [5.74, 6) is 0.0636. The molecule has 0 fully saturated rings. The van der Waals surface area contributed by atoms with Crippen LogP contribution in [0.4, 0.5) is 0 Å². The molecular formula is C16H13BK2. The molecule has 0 saturated heterocycles. The molecule has 3 rings (SSSR count). The Labute approximate surface area is 201 Å². The van der Waals surface area contributed by atoms with Gasteiger partial charge in [-0.2, -0.15) is 0 Å². The van der Waals surface area contributed by atoms with Crippen LogP contribution in [0.15, 0.2) is 54.1 Å². The second-order valence-corrected chi connectivity index (χ2v) is 4.54. The van der Waals surface area contributed by atoms with Crippen LogP contribution in [-0.4, -0.2) is 111 Å². The maximum absolute atomic E-state index is 6.17. The summed E-state index contributed by atoms with van der Waals surface area (Å²) in [5, 5.41) is 0.